The molecule has 0 spiro atoms. The van der Waals surface area contributed by atoms with Crippen LogP contribution in [-0.4, -0.2) is 11.6 Å². The van der Waals surface area contributed by atoms with Crippen molar-refractivity contribution >= 4 is 11.6 Å². The summed E-state index contributed by atoms with van der Waals surface area (Å²) in [5.74, 6) is 0.409. The first-order valence-corrected chi connectivity index (χ1v) is 6.56. The number of hydrogen-bond acceptors (Lipinski definition) is 2. The molecule has 0 rings (SSSR count). The van der Waals surface area contributed by atoms with Gasteiger partial charge in [0.15, 0.2) is 0 Å². The number of rotatable bonds is 5. The van der Waals surface area contributed by atoms with Crippen LogP contribution < -0.4 is 0 Å². The summed E-state index contributed by atoms with van der Waals surface area (Å²) in [5, 5.41) is 0. The van der Waals surface area contributed by atoms with Gasteiger partial charge in [-0.15, -0.1) is 0 Å². The fraction of sp³-hybridized carbons (Fsp3) is 0.867. The Balaban J connectivity index is 0. The molecule has 0 aromatic heterocycles. The highest BCUT2D eigenvalue weighted by atomic mass is 16.1. The lowest BCUT2D eigenvalue weighted by molar-refractivity contribution is -0.134. The summed E-state index contributed by atoms with van der Waals surface area (Å²) in [4.78, 5) is 23.4. The summed E-state index contributed by atoms with van der Waals surface area (Å²) in [6.45, 7) is 17.1. The van der Waals surface area contributed by atoms with Gasteiger partial charge in [0.1, 0.15) is 11.6 Å². The van der Waals surface area contributed by atoms with Crippen molar-refractivity contribution in [3.8, 4) is 0 Å². The second-order valence-electron chi connectivity index (χ2n) is 6.02. The molecule has 0 fully saturated rings. The minimum absolute atomic E-state index is 0.0303. The van der Waals surface area contributed by atoms with E-state index in [0.717, 1.165) is 0 Å². The van der Waals surface area contributed by atoms with E-state index in [2.05, 4.69) is 0 Å². The molecule has 0 saturated heterocycles. The average Bonchev–Trinajstić information content (AvgIpc) is 2.17. The normalized spacial score (nSPS) is 11.9. The number of carbonyl (C=O) groups is 2. The Morgan fingerprint density at radius 2 is 1.29 bits per heavy atom. The Kier molecular flexibility index (Phi) is 7.62. The van der Waals surface area contributed by atoms with Gasteiger partial charge in [0, 0.05) is 16.7 Å². The fourth-order valence-electron chi connectivity index (χ4n) is 2.10. The molecule has 0 amide bonds. The molecule has 0 heterocycles. The highest BCUT2D eigenvalue weighted by Gasteiger charge is 2.37. The molecular formula is C15H30O2. The smallest absolute Gasteiger partial charge is 0.141 e. The topological polar surface area (TPSA) is 34.1 Å². The fourth-order valence-corrected chi connectivity index (χ4v) is 2.10. The van der Waals surface area contributed by atoms with Gasteiger partial charge in [-0.25, -0.2) is 0 Å². The molecule has 0 aliphatic carbocycles. The van der Waals surface area contributed by atoms with E-state index < -0.39 is 10.8 Å². The molecule has 0 radical (unpaired) electrons. The van der Waals surface area contributed by atoms with E-state index in [0.29, 0.717) is 6.42 Å². The minimum atomic E-state index is -0.413. The summed E-state index contributed by atoms with van der Waals surface area (Å²) in [6.07, 6.45) is 0.617. The summed E-state index contributed by atoms with van der Waals surface area (Å²) in [6, 6.07) is 0. The van der Waals surface area contributed by atoms with Crippen LogP contribution in [0.25, 0.3) is 0 Å². The number of Topliss-reactive ketones (excluding diaryl/α,β-unsaturated/α-hetero) is 2. The molecule has 0 aliphatic rings. The molecule has 0 aliphatic heterocycles. The van der Waals surface area contributed by atoms with E-state index in [9.17, 15) is 9.59 Å². The Bertz CT molecular complexity index is 260. The molecule has 2 heteroatoms. The Morgan fingerprint density at radius 1 is 0.941 bits per heavy atom. The van der Waals surface area contributed by atoms with E-state index in [1.165, 1.54) is 0 Å². The van der Waals surface area contributed by atoms with Crippen LogP contribution in [0, 0.1) is 16.7 Å². The van der Waals surface area contributed by atoms with Crippen LogP contribution in [0.4, 0.5) is 0 Å². The van der Waals surface area contributed by atoms with Gasteiger partial charge in [-0.05, 0) is 13.3 Å². The van der Waals surface area contributed by atoms with Crippen molar-refractivity contribution in [2.45, 2.75) is 68.7 Å². The monoisotopic (exact) mass is 242 g/mol. The number of carbonyl (C=O) groups excluding carboxylic acids is 2. The van der Waals surface area contributed by atoms with E-state index in [-0.39, 0.29) is 17.5 Å². The predicted molar refractivity (Wildman–Crippen MR) is 74.1 cm³/mol. The van der Waals surface area contributed by atoms with Crippen molar-refractivity contribution in [3.63, 3.8) is 0 Å². The van der Waals surface area contributed by atoms with E-state index in [1.54, 1.807) is 6.92 Å². The lowest BCUT2D eigenvalue weighted by Crippen LogP contribution is -2.36. The largest absolute Gasteiger partial charge is 0.299 e. The number of ketones is 2. The van der Waals surface area contributed by atoms with Crippen molar-refractivity contribution in [1.82, 2.24) is 0 Å². The highest BCUT2D eigenvalue weighted by Crippen LogP contribution is 2.36. The molecule has 102 valence electrons. The molecule has 0 unspecified atom stereocenters. The van der Waals surface area contributed by atoms with Crippen molar-refractivity contribution in [2.24, 2.45) is 16.7 Å². The van der Waals surface area contributed by atoms with Crippen molar-refractivity contribution in [3.05, 3.63) is 0 Å². The summed E-state index contributed by atoms with van der Waals surface area (Å²) < 4.78 is 0. The van der Waals surface area contributed by atoms with Crippen LogP contribution in [-0.2, 0) is 9.59 Å². The van der Waals surface area contributed by atoms with E-state index >= 15 is 0 Å². The maximum absolute atomic E-state index is 12.0. The van der Waals surface area contributed by atoms with Crippen molar-refractivity contribution in [1.29, 1.82) is 0 Å². The van der Waals surface area contributed by atoms with Crippen LogP contribution >= 0.6 is 0 Å². The zero-order chi connectivity index (χ0) is 14.4. The molecule has 0 saturated carbocycles. The van der Waals surface area contributed by atoms with Gasteiger partial charge in [0.05, 0.1) is 0 Å². The summed E-state index contributed by atoms with van der Waals surface area (Å²) >= 11 is 0. The molecule has 0 aromatic rings. The first-order valence-electron chi connectivity index (χ1n) is 6.56. The van der Waals surface area contributed by atoms with Gasteiger partial charge in [-0.3, -0.25) is 9.59 Å². The van der Waals surface area contributed by atoms with Gasteiger partial charge < -0.3 is 0 Å². The van der Waals surface area contributed by atoms with Crippen LogP contribution in [0.3, 0.4) is 0 Å². The molecule has 0 bridgehead atoms. The molecule has 2 nitrogen and oxygen atoms in total. The first-order chi connectivity index (χ1) is 7.50. The van der Waals surface area contributed by atoms with Crippen molar-refractivity contribution in [2.75, 3.05) is 0 Å². The predicted octanol–water partition coefficient (Wildman–Crippen LogP) is 4.27. The van der Waals surface area contributed by atoms with Gasteiger partial charge in [-0.1, -0.05) is 55.4 Å². The van der Waals surface area contributed by atoms with Crippen LogP contribution in [0.15, 0.2) is 0 Å². The Morgan fingerprint density at radius 3 is 1.53 bits per heavy atom. The Labute approximate surface area is 107 Å². The maximum atomic E-state index is 12.0. The number of hydrogen-bond donors (Lipinski definition) is 0. The molecular weight excluding hydrogens is 212 g/mol. The standard InChI is InChI=1S/C13H24O2.C2H6/c1-9(2)11(15)13(6,7)8-12(4,5)10(3)14;1-2/h9H,8H2,1-7H3;1-2H3. The maximum Gasteiger partial charge on any atom is 0.141 e. The molecule has 17 heavy (non-hydrogen) atoms. The minimum Gasteiger partial charge on any atom is -0.299 e. The average molecular weight is 242 g/mol. The lowest BCUT2D eigenvalue weighted by Gasteiger charge is -2.33. The molecule has 0 aromatic carbocycles. The van der Waals surface area contributed by atoms with Gasteiger partial charge in [0.2, 0.25) is 0 Å². The van der Waals surface area contributed by atoms with E-state index in [4.69, 9.17) is 0 Å². The van der Waals surface area contributed by atoms with Crippen LogP contribution in [0.2, 0.25) is 0 Å². The second kappa shape index (κ2) is 6.93. The van der Waals surface area contributed by atoms with Gasteiger partial charge in [0.25, 0.3) is 0 Å². The molecule has 0 N–H and O–H groups in total. The zero-order valence-electron chi connectivity index (χ0n) is 13.1. The molecule has 0 atom stereocenters. The summed E-state index contributed by atoms with van der Waals surface area (Å²) in [5.41, 5.74) is -0.822. The summed E-state index contributed by atoms with van der Waals surface area (Å²) in [7, 11) is 0. The van der Waals surface area contributed by atoms with Crippen LogP contribution in [0.1, 0.15) is 68.7 Å². The second-order valence-corrected chi connectivity index (χ2v) is 6.02. The lowest BCUT2D eigenvalue weighted by atomic mass is 9.69. The zero-order valence-corrected chi connectivity index (χ0v) is 13.1. The third kappa shape index (κ3) is 5.99. The SMILES string of the molecule is CC.CC(=O)C(C)(C)CC(C)(C)C(=O)C(C)C. The highest BCUT2D eigenvalue weighted by molar-refractivity contribution is 5.87. The van der Waals surface area contributed by atoms with Crippen molar-refractivity contribution < 1.29 is 9.59 Å². The third-order valence-corrected chi connectivity index (χ3v) is 3.03. The third-order valence-electron chi connectivity index (χ3n) is 3.03. The first kappa shape index (κ1) is 18.7. The van der Waals surface area contributed by atoms with Crippen LogP contribution in [0.5, 0.6) is 0 Å². The quantitative estimate of drug-likeness (QED) is 0.721. The Hall–Kier alpha value is -0.660. The van der Waals surface area contributed by atoms with Gasteiger partial charge >= 0.3 is 0 Å². The van der Waals surface area contributed by atoms with Gasteiger partial charge in [-0.2, -0.15) is 0 Å². The van der Waals surface area contributed by atoms with E-state index in [1.807, 2.05) is 55.4 Å².